The van der Waals surface area contributed by atoms with Crippen LogP contribution in [0.1, 0.15) is 219 Å². The summed E-state index contributed by atoms with van der Waals surface area (Å²) in [5.41, 5.74) is 0. The second kappa shape index (κ2) is 47.3. The molecule has 2 saturated heterocycles. The van der Waals surface area contributed by atoms with Gasteiger partial charge < -0.3 is 65.1 Å². The van der Waals surface area contributed by atoms with E-state index in [1.165, 1.54) is 122 Å². The van der Waals surface area contributed by atoms with Crippen molar-refractivity contribution in [3.05, 3.63) is 72.9 Å². The maximum absolute atomic E-state index is 13.3. The molecule has 9 N–H and O–H groups in total. The molecule has 440 valence electrons. The van der Waals surface area contributed by atoms with Crippen LogP contribution >= 0.6 is 0 Å². The second-order valence-electron chi connectivity index (χ2n) is 21.1. The van der Waals surface area contributed by atoms with E-state index in [0.717, 1.165) is 64.2 Å². The number of aliphatic hydroxyl groups excluding tert-OH is 8. The molecule has 0 spiro atoms. The first kappa shape index (κ1) is 69.5. The number of carbonyl (C=O) groups excluding carboxylic acids is 1. The Balaban J connectivity index is 1.77. The molecule has 2 aliphatic rings. The Morgan fingerprint density at radius 2 is 0.882 bits per heavy atom. The fourth-order valence-corrected chi connectivity index (χ4v) is 9.45. The standard InChI is InChI=1S/C62H109NO13/c1-3-5-7-9-11-13-15-17-19-21-22-23-24-25-26-27-28-30-32-34-36-38-40-42-44-46-54(67)63-50(51(66)45-43-41-39-37-35-33-31-29-20-18-16-14-12-10-8-6-4-2)49-73-61-59(72)57(70)60(53(48-65)75-61)76-62-58(71)56(69)55(68)52(47-64)74-62/h15,17,20-22,24-25,29,35,37,43,45,50-53,55-62,64-66,68-72H,3-14,16,18-19,23,26-28,30-34,36,38-42,44,46-49H2,1-2H3,(H,63,67)/b17-15-,22-21-,25-24-,29-20+,37-35+,45-43+. The molecule has 2 aliphatic heterocycles. The highest BCUT2D eigenvalue weighted by molar-refractivity contribution is 5.76. The van der Waals surface area contributed by atoms with Crippen molar-refractivity contribution in [3.63, 3.8) is 0 Å². The van der Waals surface area contributed by atoms with Crippen molar-refractivity contribution < 1.29 is 64.6 Å². The summed E-state index contributed by atoms with van der Waals surface area (Å²) >= 11 is 0. The third-order valence-electron chi connectivity index (χ3n) is 14.3. The number of carbonyl (C=O) groups is 1. The number of aliphatic hydroxyl groups is 8. The summed E-state index contributed by atoms with van der Waals surface area (Å²) < 4.78 is 22.7. The molecule has 0 aromatic rings. The topological polar surface area (TPSA) is 228 Å². The van der Waals surface area contributed by atoms with Crippen molar-refractivity contribution in [3.8, 4) is 0 Å². The number of unbranched alkanes of at least 4 members (excludes halogenated alkanes) is 24. The Labute approximate surface area is 459 Å². The molecule has 14 heteroatoms. The summed E-state index contributed by atoms with van der Waals surface area (Å²) in [6.45, 7) is 2.75. The monoisotopic (exact) mass is 1080 g/mol. The average molecular weight is 1080 g/mol. The number of nitrogens with one attached hydrogen (secondary N) is 1. The van der Waals surface area contributed by atoms with Gasteiger partial charge in [0.25, 0.3) is 0 Å². The van der Waals surface area contributed by atoms with Gasteiger partial charge in [0, 0.05) is 6.42 Å². The molecular weight excluding hydrogens is 967 g/mol. The van der Waals surface area contributed by atoms with E-state index < -0.39 is 86.8 Å². The van der Waals surface area contributed by atoms with E-state index in [2.05, 4.69) is 79.9 Å². The summed E-state index contributed by atoms with van der Waals surface area (Å²) in [7, 11) is 0. The van der Waals surface area contributed by atoms with E-state index >= 15 is 0 Å². The van der Waals surface area contributed by atoms with Crippen LogP contribution in [0.25, 0.3) is 0 Å². The lowest BCUT2D eigenvalue weighted by Crippen LogP contribution is -2.65. The van der Waals surface area contributed by atoms with Gasteiger partial charge in [0.05, 0.1) is 32.0 Å². The average Bonchev–Trinajstić information content (AvgIpc) is 3.42. The summed E-state index contributed by atoms with van der Waals surface area (Å²) in [6.07, 6.45) is 45.1. The van der Waals surface area contributed by atoms with Gasteiger partial charge in [-0.1, -0.05) is 202 Å². The Morgan fingerprint density at radius 1 is 0.474 bits per heavy atom. The van der Waals surface area contributed by atoms with Crippen molar-refractivity contribution >= 4 is 5.91 Å². The van der Waals surface area contributed by atoms with E-state index in [9.17, 15) is 45.6 Å². The smallest absolute Gasteiger partial charge is 0.220 e. The summed E-state index contributed by atoms with van der Waals surface area (Å²) in [5, 5.41) is 87.1. The van der Waals surface area contributed by atoms with Crippen LogP contribution in [0.15, 0.2) is 72.9 Å². The molecular formula is C62H109NO13. The van der Waals surface area contributed by atoms with Gasteiger partial charge in [-0.3, -0.25) is 4.79 Å². The van der Waals surface area contributed by atoms with Crippen LogP contribution in [0.2, 0.25) is 0 Å². The van der Waals surface area contributed by atoms with Gasteiger partial charge in [-0.05, 0) is 83.5 Å². The molecule has 12 unspecified atom stereocenters. The minimum atomic E-state index is -1.80. The van der Waals surface area contributed by atoms with Gasteiger partial charge in [-0.2, -0.15) is 0 Å². The van der Waals surface area contributed by atoms with Crippen molar-refractivity contribution in [2.24, 2.45) is 0 Å². The molecule has 14 nitrogen and oxygen atoms in total. The molecule has 0 saturated carbocycles. The first-order valence-electron chi connectivity index (χ1n) is 30.2. The van der Waals surface area contributed by atoms with Gasteiger partial charge in [0.1, 0.15) is 48.8 Å². The van der Waals surface area contributed by atoms with Gasteiger partial charge >= 0.3 is 0 Å². The van der Waals surface area contributed by atoms with Crippen LogP contribution in [-0.4, -0.2) is 140 Å². The quantitative estimate of drug-likeness (QED) is 0.0204. The van der Waals surface area contributed by atoms with Gasteiger partial charge in [0.2, 0.25) is 5.91 Å². The number of hydrogen-bond donors (Lipinski definition) is 9. The first-order chi connectivity index (χ1) is 37.1. The lowest BCUT2D eigenvalue weighted by atomic mass is 9.97. The highest BCUT2D eigenvalue weighted by Gasteiger charge is 2.51. The van der Waals surface area contributed by atoms with Crippen molar-refractivity contribution in [2.75, 3.05) is 19.8 Å². The van der Waals surface area contributed by atoms with Crippen LogP contribution in [0, 0.1) is 0 Å². The Morgan fingerprint density at radius 3 is 1.38 bits per heavy atom. The lowest BCUT2D eigenvalue weighted by Gasteiger charge is -2.46. The largest absolute Gasteiger partial charge is 0.394 e. The van der Waals surface area contributed by atoms with Crippen LogP contribution in [-0.2, 0) is 23.7 Å². The van der Waals surface area contributed by atoms with E-state index in [4.69, 9.17) is 18.9 Å². The van der Waals surface area contributed by atoms with Crippen LogP contribution in [0.3, 0.4) is 0 Å². The predicted octanol–water partition coefficient (Wildman–Crippen LogP) is 10.3. The molecule has 2 heterocycles. The van der Waals surface area contributed by atoms with Gasteiger partial charge in [-0.25, -0.2) is 0 Å². The number of rotatable bonds is 47. The number of ether oxygens (including phenoxy) is 4. The highest BCUT2D eigenvalue weighted by Crippen LogP contribution is 2.30. The fourth-order valence-electron chi connectivity index (χ4n) is 9.45. The zero-order valence-electron chi connectivity index (χ0n) is 47.2. The van der Waals surface area contributed by atoms with Crippen LogP contribution in [0.4, 0.5) is 0 Å². The number of allylic oxidation sites excluding steroid dienone is 11. The van der Waals surface area contributed by atoms with E-state index in [0.29, 0.717) is 12.8 Å². The number of hydrogen-bond acceptors (Lipinski definition) is 13. The fraction of sp³-hybridized carbons (Fsp3) is 0.790. The Hall–Kier alpha value is -2.57. The summed E-state index contributed by atoms with van der Waals surface area (Å²) in [6, 6.07) is -0.944. The molecule has 0 aliphatic carbocycles. The molecule has 0 aromatic carbocycles. The van der Waals surface area contributed by atoms with Gasteiger partial charge in [-0.15, -0.1) is 0 Å². The molecule has 12 atom stereocenters. The maximum atomic E-state index is 13.3. The van der Waals surface area contributed by atoms with Gasteiger partial charge in [0.15, 0.2) is 12.6 Å². The third-order valence-corrected chi connectivity index (χ3v) is 14.3. The van der Waals surface area contributed by atoms with E-state index in [1.807, 2.05) is 6.08 Å². The van der Waals surface area contributed by atoms with E-state index in [-0.39, 0.29) is 18.9 Å². The Kier molecular flexibility index (Phi) is 43.2. The summed E-state index contributed by atoms with van der Waals surface area (Å²) in [5.74, 6) is -0.260. The Bertz CT molecular complexity index is 1550. The molecule has 0 radical (unpaired) electrons. The van der Waals surface area contributed by atoms with E-state index in [1.54, 1.807) is 6.08 Å². The molecule has 1 amide bonds. The van der Waals surface area contributed by atoms with Crippen molar-refractivity contribution in [1.82, 2.24) is 5.32 Å². The SMILES string of the molecule is CCCCCCC/C=C\C/C=C\C/C=C\CCCCCCCCCCCCC(=O)NC(COC1OC(CO)C(OC2OC(CO)C(O)C(O)C2O)C(O)C1O)C(O)/C=C/CC/C=C/CC/C=C/CCCCCCCCC. The minimum absolute atomic E-state index is 0.260. The first-order valence-corrected chi connectivity index (χ1v) is 30.2. The summed E-state index contributed by atoms with van der Waals surface area (Å²) in [4.78, 5) is 13.3. The van der Waals surface area contributed by atoms with Crippen molar-refractivity contribution in [2.45, 2.75) is 293 Å². The van der Waals surface area contributed by atoms with Crippen LogP contribution < -0.4 is 5.32 Å². The second-order valence-corrected chi connectivity index (χ2v) is 21.1. The third kappa shape index (κ3) is 32.5. The number of amides is 1. The zero-order valence-corrected chi connectivity index (χ0v) is 47.2. The van der Waals surface area contributed by atoms with Crippen LogP contribution in [0.5, 0.6) is 0 Å². The molecule has 0 bridgehead atoms. The predicted molar refractivity (Wildman–Crippen MR) is 304 cm³/mol. The maximum Gasteiger partial charge on any atom is 0.220 e. The molecule has 0 aromatic heterocycles. The normalized spacial score (nSPS) is 25.4. The van der Waals surface area contributed by atoms with Crippen molar-refractivity contribution in [1.29, 1.82) is 0 Å². The zero-order chi connectivity index (χ0) is 55.3. The minimum Gasteiger partial charge on any atom is -0.394 e. The highest BCUT2D eigenvalue weighted by atomic mass is 16.7. The lowest BCUT2D eigenvalue weighted by molar-refractivity contribution is -0.359. The molecule has 2 fully saturated rings. The molecule has 2 rings (SSSR count). The molecule has 76 heavy (non-hydrogen) atoms.